The molecule has 1 N–H and O–H groups in total. The fourth-order valence-electron chi connectivity index (χ4n) is 2.85. The molecule has 1 aliphatic heterocycles. The highest BCUT2D eigenvalue weighted by Crippen LogP contribution is 2.25. The van der Waals surface area contributed by atoms with Gasteiger partial charge >= 0.3 is 0 Å². The summed E-state index contributed by atoms with van der Waals surface area (Å²) in [5, 5.41) is 3.97. The van der Waals surface area contributed by atoms with Gasteiger partial charge in [0.2, 0.25) is 11.8 Å². The van der Waals surface area contributed by atoms with Crippen molar-refractivity contribution in [1.82, 2.24) is 5.43 Å². The number of hydrogen-bond acceptors (Lipinski definition) is 3. The minimum Gasteiger partial charge on any atom is -0.312 e. The van der Waals surface area contributed by atoms with E-state index < -0.39 is 5.92 Å². The highest BCUT2D eigenvalue weighted by atomic mass is 19.1. The second-order valence-electron chi connectivity index (χ2n) is 6.21. The minimum absolute atomic E-state index is 0.115. The van der Waals surface area contributed by atoms with Crippen molar-refractivity contribution in [2.75, 3.05) is 11.4 Å². The van der Waals surface area contributed by atoms with Crippen LogP contribution < -0.4 is 10.3 Å². The zero-order valence-electron chi connectivity index (χ0n) is 14.5. The number of nitrogens with zero attached hydrogens (tertiary/aromatic N) is 2. The Hall–Kier alpha value is -3.02. The van der Waals surface area contributed by atoms with Crippen molar-refractivity contribution >= 4 is 23.7 Å². The number of hydrogen-bond donors (Lipinski definition) is 1. The molecule has 1 heterocycles. The van der Waals surface area contributed by atoms with E-state index in [1.165, 1.54) is 34.7 Å². The highest BCUT2D eigenvalue weighted by molar-refractivity contribution is 6.00. The molecule has 1 aliphatic rings. The normalized spacial score (nSPS) is 17.1. The number of nitrogens with one attached hydrogen (secondary N) is 1. The molecule has 6 heteroatoms. The molecule has 0 unspecified atom stereocenters. The van der Waals surface area contributed by atoms with Gasteiger partial charge in [0.25, 0.3) is 0 Å². The van der Waals surface area contributed by atoms with Gasteiger partial charge in [-0.1, -0.05) is 31.2 Å². The molecule has 2 aromatic carbocycles. The maximum atomic E-state index is 13.0. The number of carbonyl (C=O) groups is 2. The van der Waals surface area contributed by atoms with Crippen molar-refractivity contribution in [2.24, 2.45) is 11.0 Å². The quantitative estimate of drug-likeness (QED) is 0.664. The van der Waals surface area contributed by atoms with Gasteiger partial charge in [0, 0.05) is 18.7 Å². The van der Waals surface area contributed by atoms with Crippen LogP contribution in [0.25, 0.3) is 0 Å². The number of aryl methyl sites for hydroxylation is 1. The summed E-state index contributed by atoms with van der Waals surface area (Å²) in [4.78, 5) is 25.9. The standard InChI is InChI=1S/C20H20FN3O2/c1-2-14-3-5-15(6-4-14)12-22-23-20(26)16-11-19(25)24(13-16)18-9-7-17(21)8-10-18/h3-10,12,16H,2,11,13H2,1H3,(H,23,26)/b22-12-/t16-/m0/s1. The van der Waals surface area contributed by atoms with Crippen molar-refractivity contribution in [1.29, 1.82) is 0 Å². The Balaban J connectivity index is 1.57. The smallest absolute Gasteiger partial charge is 0.245 e. The van der Waals surface area contributed by atoms with Crippen LogP contribution in [-0.2, 0) is 16.0 Å². The van der Waals surface area contributed by atoms with Crippen molar-refractivity contribution in [3.8, 4) is 0 Å². The average molecular weight is 353 g/mol. The summed E-state index contributed by atoms with van der Waals surface area (Å²) in [5.74, 6) is -1.30. The molecule has 0 spiro atoms. The lowest BCUT2D eigenvalue weighted by molar-refractivity contribution is -0.126. The monoisotopic (exact) mass is 353 g/mol. The molecular weight excluding hydrogens is 333 g/mol. The van der Waals surface area contributed by atoms with E-state index in [2.05, 4.69) is 17.5 Å². The second-order valence-corrected chi connectivity index (χ2v) is 6.21. The van der Waals surface area contributed by atoms with E-state index in [4.69, 9.17) is 0 Å². The Morgan fingerprint density at radius 3 is 2.58 bits per heavy atom. The van der Waals surface area contributed by atoms with Gasteiger partial charge < -0.3 is 4.90 Å². The minimum atomic E-state index is -0.479. The molecule has 1 fully saturated rings. The Morgan fingerprint density at radius 1 is 1.23 bits per heavy atom. The van der Waals surface area contributed by atoms with Gasteiger partial charge in [-0.3, -0.25) is 9.59 Å². The lowest BCUT2D eigenvalue weighted by atomic mass is 10.1. The summed E-state index contributed by atoms with van der Waals surface area (Å²) in [6.07, 6.45) is 2.66. The van der Waals surface area contributed by atoms with E-state index in [1.54, 1.807) is 6.21 Å². The van der Waals surface area contributed by atoms with E-state index in [-0.39, 0.29) is 30.6 Å². The summed E-state index contributed by atoms with van der Waals surface area (Å²) in [7, 11) is 0. The van der Waals surface area contributed by atoms with Crippen LogP contribution in [0.2, 0.25) is 0 Å². The van der Waals surface area contributed by atoms with E-state index in [0.29, 0.717) is 5.69 Å². The van der Waals surface area contributed by atoms with Crippen LogP contribution in [0.5, 0.6) is 0 Å². The topological polar surface area (TPSA) is 61.8 Å². The Bertz CT molecular complexity index is 816. The van der Waals surface area contributed by atoms with Gasteiger partial charge in [0.15, 0.2) is 0 Å². The van der Waals surface area contributed by atoms with Gasteiger partial charge in [-0.15, -0.1) is 0 Å². The first-order chi connectivity index (χ1) is 12.6. The summed E-state index contributed by atoms with van der Waals surface area (Å²) >= 11 is 0. The van der Waals surface area contributed by atoms with Gasteiger partial charge in [-0.2, -0.15) is 5.10 Å². The van der Waals surface area contributed by atoms with Gasteiger partial charge in [-0.05, 0) is 41.8 Å². The molecule has 0 radical (unpaired) electrons. The lowest BCUT2D eigenvalue weighted by Crippen LogP contribution is -2.30. The molecule has 0 saturated carbocycles. The summed E-state index contributed by atoms with van der Waals surface area (Å²) in [5.41, 5.74) is 5.20. The Morgan fingerprint density at radius 2 is 1.92 bits per heavy atom. The first-order valence-electron chi connectivity index (χ1n) is 8.54. The van der Waals surface area contributed by atoms with Crippen molar-refractivity contribution in [3.63, 3.8) is 0 Å². The number of hydrazone groups is 1. The number of anilines is 1. The maximum absolute atomic E-state index is 13.0. The van der Waals surface area contributed by atoms with Crippen LogP contribution >= 0.6 is 0 Å². The number of amides is 2. The Labute approximate surface area is 151 Å². The SMILES string of the molecule is CCc1ccc(/C=N\NC(=O)[C@H]2CC(=O)N(c3ccc(F)cc3)C2)cc1. The number of halogens is 1. The van der Waals surface area contributed by atoms with E-state index >= 15 is 0 Å². The third-order valence-electron chi connectivity index (χ3n) is 4.41. The predicted octanol–water partition coefficient (Wildman–Crippen LogP) is 2.89. The summed E-state index contributed by atoms with van der Waals surface area (Å²) < 4.78 is 13.0. The van der Waals surface area contributed by atoms with Crippen LogP contribution in [0, 0.1) is 11.7 Å². The third-order valence-corrected chi connectivity index (χ3v) is 4.41. The van der Waals surface area contributed by atoms with Crippen molar-refractivity contribution in [2.45, 2.75) is 19.8 Å². The molecule has 5 nitrogen and oxygen atoms in total. The summed E-state index contributed by atoms with van der Waals surface area (Å²) in [6, 6.07) is 13.6. The van der Waals surface area contributed by atoms with Crippen LogP contribution in [0.1, 0.15) is 24.5 Å². The first kappa shape index (κ1) is 17.8. The number of benzene rings is 2. The molecule has 2 amide bonds. The van der Waals surface area contributed by atoms with Gasteiger partial charge in [0.1, 0.15) is 5.82 Å². The molecule has 134 valence electrons. The number of carbonyl (C=O) groups excluding carboxylic acids is 2. The second kappa shape index (κ2) is 7.91. The molecule has 2 aromatic rings. The average Bonchev–Trinajstić information content (AvgIpc) is 3.05. The highest BCUT2D eigenvalue weighted by Gasteiger charge is 2.35. The van der Waals surface area contributed by atoms with Crippen LogP contribution in [0.15, 0.2) is 53.6 Å². The van der Waals surface area contributed by atoms with Gasteiger partial charge in [-0.25, -0.2) is 9.82 Å². The molecular formula is C20H20FN3O2. The molecule has 26 heavy (non-hydrogen) atoms. The summed E-state index contributed by atoms with van der Waals surface area (Å²) in [6.45, 7) is 2.35. The fraction of sp³-hybridized carbons (Fsp3) is 0.250. The molecule has 3 rings (SSSR count). The first-order valence-corrected chi connectivity index (χ1v) is 8.54. The molecule has 1 saturated heterocycles. The molecule has 0 bridgehead atoms. The van der Waals surface area contributed by atoms with E-state index in [0.717, 1.165) is 12.0 Å². The van der Waals surface area contributed by atoms with Crippen LogP contribution in [-0.4, -0.2) is 24.6 Å². The number of rotatable bonds is 5. The van der Waals surface area contributed by atoms with Crippen molar-refractivity contribution in [3.05, 3.63) is 65.5 Å². The molecule has 1 atom stereocenters. The van der Waals surface area contributed by atoms with Crippen LogP contribution in [0.4, 0.5) is 10.1 Å². The molecule has 0 aromatic heterocycles. The zero-order valence-corrected chi connectivity index (χ0v) is 14.5. The van der Waals surface area contributed by atoms with Crippen molar-refractivity contribution < 1.29 is 14.0 Å². The lowest BCUT2D eigenvalue weighted by Gasteiger charge is -2.16. The largest absolute Gasteiger partial charge is 0.312 e. The predicted molar refractivity (Wildman–Crippen MR) is 98.4 cm³/mol. The van der Waals surface area contributed by atoms with E-state index in [9.17, 15) is 14.0 Å². The van der Waals surface area contributed by atoms with Gasteiger partial charge in [0.05, 0.1) is 12.1 Å². The zero-order chi connectivity index (χ0) is 18.5. The fourth-order valence-corrected chi connectivity index (χ4v) is 2.85. The van der Waals surface area contributed by atoms with Crippen LogP contribution in [0.3, 0.4) is 0 Å². The Kier molecular flexibility index (Phi) is 5.41. The maximum Gasteiger partial charge on any atom is 0.245 e. The third kappa shape index (κ3) is 4.14. The molecule has 0 aliphatic carbocycles. The van der Waals surface area contributed by atoms with E-state index in [1.807, 2.05) is 24.3 Å².